The van der Waals surface area contributed by atoms with E-state index in [1.165, 1.54) is 32.1 Å². The van der Waals surface area contributed by atoms with Crippen LogP contribution < -0.4 is 0 Å². The van der Waals surface area contributed by atoms with E-state index in [-0.39, 0.29) is 0 Å². The van der Waals surface area contributed by atoms with E-state index in [0.29, 0.717) is 0 Å². The van der Waals surface area contributed by atoms with E-state index < -0.39 is 16.5 Å². The van der Waals surface area contributed by atoms with Gasteiger partial charge in [-0.05, 0) is 32.0 Å². The highest BCUT2D eigenvalue weighted by Gasteiger charge is 2.28. The Kier molecular flexibility index (Phi) is 5.33. The summed E-state index contributed by atoms with van der Waals surface area (Å²) in [5.74, 6) is 0. The van der Waals surface area contributed by atoms with Crippen molar-refractivity contribution in [3.8, 4) is 0 Å². The Bertz CT molecular complexity index is 141. The highest BCUT2D eigenvalue weighted by molar-refractivity contribution is 7.15. The van der Waals surface area contributed by atoms with Crippen molar-refractivity contribution in [2.45, 2.75) is 51.2 Å². The molecule has 2 atom stereocenters. The molecule has 0 saturated heterocycles. The zero-order valence-electron chi connectivity index (χ0n) is 8.47. The third kappa shape index (κ3) is 3.55. The molecule has 0 radical (unpaired) electrons. The summed E-state index contributed by atoms with van der Waals surface area (Å²) in [7, 11) is -2.36. The van der Waals surface area contributed by atoms with Crippen molar-refractivity contribution in [1.29, 1.82) is 0 Å². The molecule has 0 amide bonds. The van der Waals surface area contributed by atoms with Crippen LogP contribution in [-0.4, -0.2) is 26.8 Å². The maximum absolute atomic E-state index is 6.29. The highest BCUT2D eigenvalue weighted by Crippen LogP contribution is 2.25. The van der Waals surface area contributed by atoms with Crippen LogP contribution in [0.5, 0.6) is 0 Å². The molecule has 1 saturated carbocycles. The van der Waals surface area contributed by atoms with Gasteiger partial charge in [0.2, 0.25) is 16.5 Å². The van der Waals surface area contributed by atoms with E-state index in [1.54, 1.807) is 0 Å². The highest BCUT2D eigenvalue weighted by atomic mass is 35.6. The fraction of sp³-hybridized carbons (Fsp3) is 1.00. The van der Waals surface area contributed by atoms with Crippen molar-refractivity contribution < 1.29 is 0 Å². The van der Waals surface area contributed by atoms with Crippen molar-refractivity contribution in [3.05, 3.63) is 0 Å². The number of hydrogen-bond donors (Lipinski definition) is 0. The van der Waals surface area contributed by atoms with Gasteiger partial charge in [0, 0.05) is 0 Å². The molecule has 1 nitrogen and oxygen atoms in total. The fourth-order valence-corrected chi connectivity index (χ4v) is 10.8. The normalized spacial score (nSPS) is 24.7. The summed E-state index contributed by atoms with van der Waals surface area (Å²) in [6, 6.07) is 0.729. The van der Waals surface area contributed by atoms with Crippen molar-refractivity contribution in [3.63, 3.8) is 0 Å². The molecule has 1 rings (SSSR count). The van der Waals surface area contributed by atoms with Gasteiger partial charge in [-0.3, -0.25) is 0 Å². The maximum atomic E-state index is 6.29. The summed E-state index contributed by atoms with van der Waals surface area (Å²) in [5.41, 5.74) is 0. The van der Waals surface area contributed by atoms with Crippen molar-refractivity contribution in [2.24, 2.45) is 0 Å². The molecule has 0 aliphatic heterocycles. The molecule has 78 valence electrons. The minimum Gasteiger partial charge on any atom is -0.324 e. The van der Waals surface area contributed by atoms with Crippen LogP contribution in [0.25, 0.3) is 0 Å². The van der Waals surface area contributed by atoms with E-state index in [0.717, 1.165) is 6.04 Å². The number of hydrogen-bond acceptors (Lipinski definition) is 1. The lowest BCUT2D eigenvalue weighted by atomic mass is 9.96. The monoisotopic (exact) mass is 255 g/mol. The van der Waals surface area contributed by atoms with Crippen LogP contribution in [0.2, 0.25) is 13.1 Å². The van der Waals surface area contributed by atoms with Gasteiger partial charge in [0.05, 0.1) is 0 Å². The van der Waals surface area contributed by atoms with Gasteiger partial charge < -0.3 is 4.23 Å². The lowest BCUT2D eigenvalue weighted by Gasteiger charge is -2.37. The SMILES string of the molecule is C[SiH](Cl)N(C1CCCCC1)[SiH](C)Cl. The molecule has 0 bridgehead atoms. The first-order valence-electron chi connectivity index (χ1n) is 5.18. The Morgan fingerprint density at radius 2 is 1.46 bits per heavy atom. The molecule has 1 aliphatic rings. The fourth-order valence-electron chi connectivity index (χ4n) is 2.24. The summed E-state index contributed by atoms with van der Waals surface area (Å²) in [6.45, 7) is 4.37. The molecule has 0 aromatic heterocycles. The second-order valence-electron chi connectivity index (χ2n) is 3.89. The summed E-state index contributed by atoms with van der Waals surface area (Å²) < 4.78 is 2.50. The molecule has 0 heterocycles. The zero-order valence-corrected chi connectivity index (χ0v) is 12.3. The van der Waals surface area contributed by atoms with Gasteiger partial charge >= 0.3 is 0 Å². The average Bonchev–Trinajstić information content (AvgIpc) is 2.04. The topological polar surface area (TPSA) is 3.24 Å². The Morgan fingerprint density at radius 1 is 1.00 bits per heavy atom. The molecular weight excluding hydrogens is 237 g/mol. The number of nitrogens with zero attached hydrogens (tertiary/aromatic N) is 1. The first-order chi connectivity index (χ1) is 6.13. The maximum Gasteiger partial charge on any atom is 0.205 e. The molecule has 0 N–H and O–H groups in total. The Morgan fingerprint density at radius 3 is 1.85 bits per heavy atom. The Balaban J connectivity index is 2.52. The molecule has 0 spiro atoms. The average molecular weight is 256 g/mol. The Labute approximate surface area is 94.2 Å². The van der Waals surface area contributed by atoms with Gasteiger partial charge in [-0.15, -0.1) is 0 Å². The largest absolute Gasteiger partial charge is 0.324 e. The van der Waals surface area contributed by atoms with Crippen LogP contribution in [0.3, 0.4) is 0 Å². The zero-order chi connectivity index (χ0) is 9.84. The van der Waals surface area contributed by atoms with E-state index in [1.807, 2.05) is 0 Å². The van der Waals surface area contributed by atoms with Crippen molar-refractivity contribution in [1.82, 2.24) is 4.23 Å². The van der Waals surface area contributed by atoms with Crippen molar-refractivity contribution >= 4 is 38.7 Å². The molecule has 0 aromatic carbocycles. The molecule has 13 heavy (non-hydrogen) atoms. The lowest BCUT2D eigenvalue weighted by Crippen LogP contribution is -2.48. The molecule has 5 heteroatoms. The van der Waals surface area contributed by atoms with Crippen molar-refractivity contribution in [2.75, 3.05) is 0 Å². The molecule has 2 unspecified atom stereocenters. The van der Waals surface area contributed by atoms with Gasteiger partial charge in [-0.2, -0.15) is 22.2 Å². The van der Waals surface area contributed by atoms with Crippen LogP contribution in [0, 0.1) is 0 Å². The Hall–Kier alpha value is 0.974. The number of halogens is 2. The summed E-state index contributed by atoms with van der Waals surface area (Å²) >= 11 is 12.6. The number of rotatable bonds is 3. The molecule has 0 aromatic rings. The van der Waals surface area contributed by atoms with Gasteiger partial charge in [0.25, 0.3) is 0 Å². The minimum absolute atomic E-state index is 0.729. The second kappa shape index (κ2) is 5.76. The summed E-state index contributed by atoms with van der Waals surface area (Å²) in [4.78, 5) is 0. The van der Waals surface area contributed by atoms with Gasteiger partial charge in [0.15, 0.2) is 0 Å². The first-order valence-corrected chi connectivity index (χ1v) is 12.0. The van der Waals surface area contributed by atoms with Crippen LogP contribution in [0.15, 0.2) is 0 Å². The predicted octanol–water partition coefficient (Wildman–Crippen LogP) is 2.80. The van der Waals surface area contributed by atoms with Gasteiger partial charge in [-0.1, -0.05) is 19.3 Å². The third-order valence-corrected chi connectivity index (χ3v) is 10.5. The standard InChI is InChI=1S/C8H19Cl2NSi2/c1-12(9)11(13(2)10)8-6-4-3-5-7-8/h8,12-13H,3-7H2,1-2H3. The van der Waals surface area contributed by atoms with Gasteiger partial charge in [-0.25, -0.2) is 0 Å². The first kappa shape index (κ1) is 12.0. The predicted molar refractivity (Wildman–Crippen MR) is 66.4 cm³/mol. The van der Waals surface area contributed by atoms with Gasteiger partial charge in [0.1, 0.15) is 0 Å². The van der Waals surface area contributed by atoms with E-state index in [9.17, 15) is 0 Å². The van der Waals surface area contributed by atoms with E-state index in [2.05, 4.69) is 17.3 Å². The third-order valence-electron chi connectivity index (χ3n) is 2.82. The molecule has 1 aliphatic carbocycles. The molecular formula is C8H19Cl2NSi2. The smallest absolute Gasteiger partial charge is 0.205 e. The second-order valence-corrected chi connectivity index (χ2v) is 11.8. The molecule has 1 fully saturated rings. The summed E-state index contributed by atoms with van der Waals surface area (Å²) in [6.07, 6.45) is 6.80. The lowest BCUT2D eigenvalue weighted by molar-refractivity contribution is 0.339. The van der Waals surface area contributed by atoms with Crippen LogP contribution in [0.1, 0.15) is 32.1 Å². The van der Waals surface area contributed by atoms with E-state index in [4.69, 9.17) is 22.2 Å². The van der Waals surface area contributed by atoms with Crippen LogP contribution >= 0.6 is 22.2 Å². The van der Waals surface area contributed by atoms with Crippen LogP contribution in [-0.2, 0) is 0 Å². The van der Waals surface area contributed by atoms with E-state index >= 15 is 0 Å². The quantitative estimate of drug-likeness (QED) is 0.554. The summed E-state index contributed by atoms with van der Waals surface area (Å²) in [5, 5.41) is 0. The van der Waals surface area contributed by atoms with Crippen LogP contribution in [0.4, 0.5) is 0 Å². The minimum atomic E-state index is -1.18.